The number of nitro groups is 1. The third-order valence-corrected chi connectivity index (χ3v) is 6.48. The number of nitrogens with zero attached hydrogens (tertiary/aromatic N) is 5. The summed E-state index contributed by atoms with van der Waals surface area (Å²) >= 11 is 1.29. The van der Waals surface area contributed by atoms with E-state index in [-0.39, 0.29) is 17.3 Å². The Labute approximate surface area is 196 Å². The molecular formula is C23H26N6O3S. The smallest absolute Gasteiger partial charge is 0.274 e. The molecule has 0 radical (unpaired) electrons. The Kier molecular flexibility index (Phi) is 7.36. The van der Waals surface area contributed by atoms with Crippen molar-refractivity contribution in [1.82, 2.24) is 19.7 Å². The highest BCUT2D eigenvalue weighted by molar-refractivity contribution is 7.99. The Balaban J connectivity index is 1.48. The minimum absolute atomic E-state index is 0.0216. The van der Waals surface area contributed by atoms with Gasteiger partial charge < -0.3 is 5.32 Å². The predicted octanol–water partition coefficient (Wildman–Crippen LogP) is 4.20. The minimum Gasteiger partial charge on any atom is -0.325 e. The normalized spacial score (nSPS) is 14.2. The van der Waals surface area contributed by atoms with Gasteiger partial charge in [0.25, 0.3) is 5.69 Å². The lowest BCUT2D eigenvalue weighted by molar-refractivity contribution is -0.385. The number of aryl methyl sites for hydroxylation is 1. The van der Waals surface area contributed by atoms with E-state index in [0.717, 1.165) is 24.6 Å². The van der Waals surface area contributed by atoms with E-state index in [0.29, 0.717) is 23.0 Å². The lowest BCUT2D eigenvalue weighted by atomic mass is 10.1. The van der Waals surface area contributed by atoms with Gasteiger partial charge in [0.05, 0.1) is 17.2 Å². The summed E-state index contributed by atoms with van der Waals surface area (Å²) in [6.07, 6.45) is 3.65. The summed E-state index contributed by atoms with van der Waals surface area (Å²) < 4.78 is 2.00. The number of benzene rings is 2. The number of piperidine rings is 1. The number of carbonyl (C=O) groups excluding carboxylic acids is 1. The average molecular weight is 467 g/mol. The number of nitro benzene ring substituents is 1. The fraction of sp³-hybridized carbons (Fsp3) is 0.348. The van der Waals surface area contributed by atoms with Gasteiger partial charge in [-0.2, -0.15) is 0 Å². The van der Waals surface area contributed by atoms with Crippen molar-refractivity contribution in [3.8, 4) is 5.69 Å². The van der Waals surface area contributed by atoms with E-state index in [1.807, 2.05) is 34.9 Å². The molecular weight excluding hydrogens is 440 g/mol. The number of para-hydroxylation sites is 1. The monoisotopic (exact) mass is 466 g/mol. The minimum atomic E-state index is -0.452. The van der Waals surface area contributed by atoms with Gasteiger partial charge in [-0.3, -0.25) is 24.4 Å². The lowest BCUT2D eigenvalue weighted by Crippen LogP contribution is -2.30. The molecule has 10 heteroatoms. The second-order valence-electron chi connectivity index (χ2n) is 8.00. The third-order valence-electron chi connectivity index (χ3n) is 5.55. The highest BCUT2D eigenvalue weighted by Crippen LogP contribution is 2.25. The molecule has 1 amide bonds. The van der Waals surface area contributed by atoms with Crippen molar-refractivity contribution in [2.75, 3.05) is 24.2 Å². The summed E-state index contributed by atoms with van der Waals surface area (Å²) in [5.41, 5.74) is 1.87. The standard InChI is InChI=1S/C23H26N6O3S/c1-17-10-11-18(14-20(17)29(31)32)24-22(30)16-33-23-26-25-21(15-27-12-6-3-7-13-27)28(23)19-8-4-2-5-9-19/h2,4-5,8-11,14H,3,6-7,12-13,15-16H2,1H3,(H,24,30). The number of likely N-dealkylation sites (tertiary alicyclic amines) is 1. The number of amides is 1. The summed E-state index contributed by atoms with van der Waals surface area (Å²) in [5.74, 6) is 0.689. The average Bonchev–Trinajstić information content (AvgIpc) is 3.22. The fourth-order valence-corrected chi connectivity index (χ4v) is 4.63. The molecule has 1 saturated heterocycles. The molecule has 1 N–H and O–H groups in total. The predicted molar refractivity (Wildman–Crippen MR) is 128 cm³/mol. The van der Waals surface area contributed by atoms with Crippen molar-refractivity contribution in [3.05, 3.63) is 70.0 Å². The van der Waals surface area contributed by atoms with E-state index < -0.39 is 4.92 Å². The SMILES string of the molecule is Cc1ccc(NC(=O)CSc2nnc(CN3CCCCC3)n2-c2ccccc2)cc1[N+](=O)[O-]. The molecule has 0 bridgehead atoms. The molecule has 9 nitrogen and oxygen atoms in total. The summed E-state index contributed by atoms with van der Waals surface area (Å²) in [7, 11) is 0. The summed E-state index contributed by atoms with van der Waals surface area (Å²) in [6.45, 7) is 4.48. The van der Waals surface area contributed by atoms with Crippen molar-refractivity contribution in [3.63, 3.8) is 0 Å². The van der Waals surface area contributed by atoms with Crippen molar-refractivity contribution < 1.29 is 9.72 Å². The number of aromatic nitrogens is 3. The highest BCUT2D eigenvalue weighted by Gasteiger charge is 2.20. The first kappa shape index (κ1) is 22.9. The largest absolute Gasteiger partial charge is 0.325 e. The van der Waals surface area contributed by atoms with Crippen LogP contribution in [0.2, 0.25) is 0 Å². The molecule has 33 heavy (non-hydrogen) atoms. The van der Waals surface area contributed by atoms with Gasteiger partial charge in [0.1, 0.15) is 0 Å². The molecule has 0 saturated carbocycles. The Morgan fingerprint density at radius 3 is 2.61 bits per heavy atom. The molecule has 172 valence electrons. The summed E-state index contributed by atoms with van der Waals surface area (Å²) in [5, 5.41) is 23.3. The van der Waals surface area contributed by atoms with E-state index in [1.165, 1.54) is 37.1 Å². The van der Waals surface area contributed by atoms with Crippen LogP contribution in [0.5, 0.6) is 0 Å². The van der Waals surface area contributed by atoms with Crippen molar-refractivity contribution in [2.24, 2.45) is 0 Å². The van der Waals surface area contributed by atoms with Crippen molar-refractivity contribution in [1.29, 1.82) is 0 Å². The van der Waals surface area contributed by atoms with Crippen LogP contribution in [-0.4, -0.2) is 49.3 Å². The molecule has 0 spiro atoms. The van der Waals surface area contributed by atoms with Crippen LogP contribution in [0.4, 0.5) is 11.4 Å². The van der Waals surface area contributed by atoms with Crippen molar-refractivity contribution in [2.45, 2.75) is 37.9 Å². The topological polar surface area (TPSA) is 106 Å². The van der Waals surface area contributed by atoms with Crippen LogP contribution in [0, 0.1) is 17.0 Å². The number of rotatable bonds is 8. The Morgan fingerprint density at radius 2 is 1.88 bits per heavy atom. The Hall–Kier alpha value is -3.24. The second kappa shape index (κ2) is 10.6. The Morgan fingerprint density at radius 1 is 1.12 bits per heavy atom. The van der Waals surface area contributed by atoms with Gasteiger partial charge in [-0.1, -0.05) is 42.4 Å². The van der Waals surface area contributed by atoms with Crippen LogP contribution >= 0.6 is 11.8 Å². The molecule has 0 aliphatic carbocycles. The fourth-order valence-electron chi connectivity index (χ4n) is 3.86. The molecule has 1 aromatic heterocycles. The van der Waals surface area contributed by atoms with E-state index in [4.69, 9.17) is 0 Å². The van der Waals surface area contributed by atoms with E-state index in [1.54, 1.807) is 19.1 Å². The van der Waals surface area contributed by atoms with Crippen molar-refractivity contribution >= 4 is 29.0 Å². The van der Waals surface area contributed by atoms with Crippen LogP contribution in [0.25, 0.3) is 5.69 Å². The van der Waals surface area contributed by atoms with Crippen LogP contribution < -0.4 is 5.32 Å². The number of hydrogen-bond acceptors (Lipinski definition) is 7. The zero-order chi connectivity index (χ0) is 23.2. The third kappa shape index (κ3) is 5.77. The molecule has 1 fully saturated rings. The number of hydrogen-bond donors (Lipinski definition) is 1. The number of nitrogens with one attached hydrogen (secondary N) is 1. The molecule has 2 heterocycles. The number of carbonyl (C=O) groups is 1. The Bertz CT molecular complexity index is 1130. The molecule has 0 unspecified atom stereocenters. The molecule has 2 aromatic carbocycles. The molecule has 0 atom stereocenters. The van der Waals surface area contributed by atoms with Gasteiger partial charge in [-0.15, -0.1) is 10.2 Å². The molecule has 1 aliphatic rings. The highest BCUT2D eigenvalue weighted by atomic mass is 32.2. The second-order valence-corrected chi connectivity index (χ2v) is 8.94. The summed E-state index contributed by atoms with van der Waals surface area (Å²) in [6, 6.07) is 14.5. The lowest BCUT2D eigenvalue weighted by Gasteiger charge is -2.26. The van der Waals surface area contributed by atoms with E-state index in [9.17, 15) is 14.9 Å². The molecule has 4 rings (SSSR count). The molecule has 3 aromatic rings. The van der Waals surface area contributed by atoms with Gasteiger partial charge in [0.15, 0.2) is 11.0 Å². The maximum atomic E-state index is 12.6. The van der Waals surface area contributed by atoms with Gasteiger partial charge in [0, 0.05) is 23.0 Å². The van der Waals surface area contributed by atoms with Gasteiger partial charge in [-0.05, 0) is 51.1 Å². The van der Waals surface area contributed by atoms with Crippen LogP contribution in [0.15, 0.2) is 53.7 Å². The number of thioether (sulfide) groups is 1. The van der Waals surface area contributed by atoms with Crippen LogP contribution in [0.1, 0.15) is 30.7 Å². The van der Waals surface area contributed by atoms with E-state index in [2.05, 4.69) is 20.4 Å². The van der Waals surface area contributed by atoms with Crippen LogP contribution in [-0.2, 0) is 11.3 Å². The zero-order valence-electron chi connectivity index (χ0n) is 18.4. The first-order valence-electron chi connectivity index (χ1n) is 10.9. The van der Waals surface area contributed by atoms with Gasteiger partial charge in [0.2, 0.25) is 5.91 Å². The van der Waals surface area contributed by atoms with Crippen LogP contribution in [0.3, 0.4) is 0 Å². The quantitative estimate of drug-likeness (QED) is 0.301. The first-order valence-corrected chi connectivity index (χ1v) is 11.9. The van der Waals surface area contributed by atoms with Gasteiger partial charge >= 0.3 is 0 Å². The maximum absolute atomic E-state index is 12.6. The first-order chi connectivity index (χ1) is 16.0. The van der Waals surface area contributed by atoms with Gasteiger partial charge in [-0.25, -0.2) is 0 Å². The maximum Gasteiger partial charge on any atom is 0.274 e. The van der Waals surface area contributed by atoms with E-state index >= 15 is 0 Å². The summed E-state index contributed by atoms with van der Waals surface area (Å²) in [4.78, 5) is 25.6. The molecule has 1 aliphatic heterocycles. The zero-order valence-corrected chi connectivity index (χ0v) is 19.3. The number of anilines is 1.